The van der Waals surface area contributed by atoms with Crippen LogP contribution in [0.3, 0.4) is 0 Å². The maximum absolute atomic E-state index is 13.5. The maximum Gasteiger partial charge on any atom is 0.573 e. The minimum absolute atomic E-state index is 0.0326. The molecule has 3 aromatic carbocycles. The van der Waals surface area contributed by atoms with Crippen molar-refractivity contribution in [2.24, 2.45) is 0 Å². The lowest BCUT2D eigenvalue weighted by atomic mass is 9.96. The summed E-state index contributed by atoms with van der Waals surface area (Å²) in [6.45, 7) is -0.0996. The SMILES string of the molecule is O=C1C(c2ccc(O)cc2)=C(c2ccc(F)cc2)C(=O)N1CCCCNS(=O)(=O)c1ccc(OC(F)(F)F)cc1. The average molecular weight is 579 g/mol. The zero-order valence-electron chi connectivity index (χ0n) is 20.6. The zero-order valence-corrected chi connectivity index (χ0v) is 21.4. The van der Waals surface area contributed by atoms with Crippen molar-refractivity contribution in [3.05, 3.63) is 89.7 Å². The molecule has 1 aliphatic heterocycles. The van der Waals surface area contributed by atoms with Gasteiger partial charge >= 0.3 is 6.36 Å². The maximum atomic E-state index is 13.5. The third kappa shape index (κ3) is 6.66. The summed E-state index contributed by atoms with van der Waals surface area (Å²) in [4.78, 5) is 27.3. The van der Waals surface area contributed by atoms with Gasteiger partial charge < -0.3 is 9.84 Å². The van der Waals surface area contributed by atoms with Crippen LogP contribution in [0.4, 0.5) is 17.6 Å². The molecule has 0 fully saturated rings. The van der Waals surface area contributed by atoms with Gasteiger partial charge in [0.05, 0.1) is 16.0 Å². The highest BCUT2D eigenvalue weighted by atomic mass is 32.2. The summed E-state index contributed by atoms with van der Waals surface area (Å²) in [5, 5.41) is 9.62. The summed E-state index contributed by atoms with van der Waals surface area (Å²) < 4.78 is 81.3. The van der Waals surface area contributed by atoms with Gasteiger partial charge in [-0.25, -0.2) is 17.5 Å². The number of nitrogens with one attached hydrogen (secondary N) is 1. The van der Waals surface area contributed by atoms with Crippen molar-refractivity contribution in [1.82, 2.24) is 9.62 Å². The third-order valence-corrected chi connectivity index (χ3v) is 7.40. The number of benzene rings is 3. The van der Waals surface area contributed by atoms with Gasteiger partial charge in [0.25, 0.3) is 11.8 Å². The molecule has 0 saturated heterocycles. The van der Waals surface area contributed by atoms with Crippen molar-refractivity contribution in [3.8, 4) is 11.5 Å². The number of unbranched alkanes of at least 4 members (excludes halogenated alkanes) is 1. The van der Waals surface area contributed by atoms with Crippen LogP contribution >= 0.6 is 0 Å². The van der Waals surface area contributed by atoms with Crippen molar-refractivity contribution in [2.75, 3.05) is 13.1 Å². The number of aromatic hydroxyl groups is 1. The van der Waals surface area contributed by atoms with E-state index in [2.05, 4.69) is 9.46 Å². The van der Waals surface area contributed by atoms with E-state index in [-0.39, 0.29) is 47.7 Å². The van der Waals surface area contributed by atoms with Gasteiger partial charge in [-0.15, -0.1) is 13.2 Å². The lowest BCUT2D eigenvalue weighted by Gasteiger charge is -2.15. The van der Waals surface area contributed by atoms with Gasteiger partial charge in [-0.1, -0.05) is 24.3 Å². The second-order valence-electron chi connectivity index (χ2n) is 8.69. The molecule has 8 nitrogen and oxygen atoms in total. The molecule has 0 radical (unpaired) electrons. The number of rotatable bonds is 10. The van der Waals surface area contributed by atoms with E-state index in [1.807, 2.05) is 0 Å². The molecule has 1 heterocycles. The zero-order chi connectivity index (χ0) is 29.1. The number of imide groups is 1. The van der Waals surface area contributed by atoms with Gasteiger partial charge in [0.15, 0.2) is 0 Å². The summed E-state index contributed by atoms with van der Waals surface area (Å²) >= 11 is 0. The molecule has 3 aromatic rings. The van der Waals surface area contributed by atoms with Crippen LogP contribution in [-0.2, 0) is 19.6 Å². The number of alkyl halides is 3. The van der Waals surface area contributed by atoms with E-state index in [0.717, 1.165) is 29.2 Å². The smallest absolute Gasteiger partial charge is 0.508 e. The molecule has 0 aliphatic carbocycles. The Balaban J connectivity index is 1.40. The Hall–Kier alpha value is -4.23. The Labute approximate surface area is 226 Å². The highest BCUT2D eigenvalue weighted by Gasteiger charge is 2.39. The highest BCUT2D eigenvalue weighted by molar-refractivity contribution is 7.89. The number of ether oxygens (including phenoxy) is 1. The first-order chi connectivity index (χ1) is 18.9. The number of hydrogen-bond acceptors (Lipinski definition) is 6. The second-order valence-corrected chi connectivity index (χ2v) is 10.5. The topological polar surface area (TPSA) is 113 Å². The van der Waals surface area contributed by atoms with Gasteiger partial charge in [0.1, 0.15) is 17.3 Å². The number of amides is 2. The summed E-state index contributed by atoms with van der Waals surface area (Å²) in [6.07, 6.45) is -4.44. The molecule has 210 valence electrons. The van der Waals surface area contributed by atoms with Crippen LogP contribution in [0.15, 0.2) is 77.7 Å². The molecule has 0 saturated carbocycles. The van der Waals surface area contributed by atoms with Crippen LogP contribution < -0.4 is 9.46 Å². The van der Waals surface area contributed by atoms with Crippen molar-refractivity contribution in [3.63, 3.8) is 0 Å². The van der Waals surface area contributed by atoms with Crippen molar-refractivity contribution in [2.45, 2.75) is 24.1 Å². The monoisotopic (exact) mass is 578 g/mol. The van der Waals surface area contributed by atoms with Crippen LogP contribution in [0.5, 0.6) is 11.5 Å². The highest BCUT2D eigenvalue weighted by Crippen LogP contribution is 2.36. The minimum Gasteiger partial charge on any atom is -0.508 e. The van der Waals surface area contributed by atoms with Gasteiger partial charge in [0.2, 0.25) is 10.0 Å². The third-order valence-electron chi connectivity index (χ3n) is 5.93. The quantitative estimate of drug-likeness (QED) is 0.209. The summed E-state index contributed by atoms with van der Waals surface area (Å²) in [5.41, 5.74) is 0.895. The summed E-state index contributed by atoms with van der Waals surface area (Å²) in [6, 6.07) is 14.5. The van der Waals surface area contributed by atoms with Crippen LogP contribution in [0, 0.1) is 5.82 Å². The van der Waals surface area contributed by atoms with E-state index in [0.29, 0.717) is 11.1 Å². The fourth-order valence-electron chi connectivity index (χ4n) is 4.06. The number of sulfonamides is 1. The molecule has 0 bridgehead atoms. The van der Waals surface area contributed by atoms with Crippen LogP contribution in [-0.4, -0.2) is 49.7 Å². The molecule has 2 N–H and O–H groups in total. The predicted molar refractivity (Wildman–Crippen MR) is 136 cm³/mol. The average Bonchev–Trinajstić information content (AvgIpc) is 3.13. The van der Waals surface area contributed by atoms with Gasteiger partial charge in [-0.3, -0.25) is 14.5 Å². The Morgan fingerprint density at radius 1 is 0.800 bits per heavy atom. The molecule has 0 atom stereocenters. The van der Waals surface area contributed by atoms with Crippen LogP contribution in [0.2, 0.25) is 0 Å². The molecular weight excluding hydrogens is 556 g/mol. The van der Waals surface area contributed by atoms with E-state index in [4.69, 9.17) is 0 Å². The Kier molecular flexibility index (Phi) is 8.26. The lowest BCUT2D eigenvalue weighted by Crippen LogP contribution is -2.33. The first-order valence-corrected chi connectivity index (χ1v) is 13.4. The number of hydrogen-bond donors (Lipinski definition) is 2. The van der Waals surface area contributed by atoms with Crippen LogP contribution in [0.25, 0.3) is 11.1 Å². The molecule has 0 spiro atoms. The van der Waals surface area contributed by atoms with E-state index in [1.54, 1.807) is 0 Å². The van der Waals surface area contributed by atoms with E-state index >= 15 is 0 Å². The van der Waals surface area contributed by atoms with E-state index < -0.39 is 39.8 Å². The first-order valence-electron chi connectivity index (χ1n) is 11.9. The fraction of sp³-hybridized carbons (Fsp3) is 0.185. The fourth-order valence-corrected chi connectivity index (χ4v) is 5.14. The molecule has 4 rings (SSSR count). The molecule has 1 aliphatic rings. The van der Waals surface area contributed by atoms with Crippen molar-refractivity contribution >= 4 is 33.0 Å². The Bertz CT molecular complexity index is 1470. The Morgan fingerprint density at radius 2 is 1.32 bits per heavy atom. The van der Waals surface area contributed by atoms with E-state index in [9.17, 15) is 40.7 Å². The van der Waals surface area contributed by atoms with Crippen molar-refractivity contribution in [1.29, 1.82) is 0 Å². The number of carbonyl (C=O) groups excluding carboxylic acids is 2. The minimum atomic E-state index is -4.91. The molecule has 13 heteroatoms. The summed E-state index contributed by atoms with van der Waals surface area (Å²) in [7, 11) is -4.03. The van der Waals surface area contributed by atoms with Crippen LogP contribution in [0.1, 0.15) is 24.0 Å². The predicted octanol–water partition coefficient (Wildman–Crippen LogP) is 4.47. The summed E-state index contributed by atoms with van der Waals surface area (Å²) in [5.74, 6) is -2.29. The van der Waals surface area contributed by atoms with Gasteiger partial charge in [-0.05, 0) is 72.5 Å². The molecule has 2 amide bonds. The van der Waals surface area contributed by atoms with Gasteiger partial charge in [-0.2, -0.15) is 0 Å². The molecular formula is C27H22F4N2O6S. The number of carbonyl (C=O) groups is 2. The first kappa shape index (κ1) is 28.8. The van der Waals surface area contributed by atoms with Crippen molar-refractivity contribution < 1.29 is 45.4 Å². The lowest BCUT2D eigenvalue weighted by molar-refractivity contribution is -0.274. The van der Waals surface area contributed by atoms with E-state index in [1.165, 1.54) is 48.5 Å². The molecule has 0 aromatic heterocycles. The number of halogens is 4. The van der Waals surface area contributed by atoms with Gasteiger partial charge in [0, 0.05) is 13.1 Å². The second kappa shape index (κ2) is 11.5. The number of phenols is 1. The Morgan fingerprint density at radius 3 is 1.85 bits per heavy atom. The normalized spacial score (nSPS) is 14.2. The largest absolute Gasteiger partial charge is 0.573 e. The number of nitrogens with zero attached hydrogens (tertiary/aromatic N) is 1. The molecule has 40 heavy (non-hydrogen) atoms. The standard InChI is InChI=1S/C27H22F4N2O6S/c28-19-7-3-17(4-8-19)23-24(18-5-9-20(34)10-6-18)26(36)33(25(23)35)16-2-1-15-32-40(37,38)22-13-11-21(12-14-22)39-27(29,30)31/h3-14,32,34H,1-2,15-16H2. The molecule has 0 unspecified atom stereocenters. The number of phenolic OH excluding ortho intramolecular Hbond substituents is 1.